The molecule has 1 N–H and O–H groups in total. The molecule has 0 aliphatic carbocycles. The van der Waals surface area contributed by atoms with Crippen molar-refractivity contribution in [2.75, 3.05) is 5.32 Å². The van der Waals surface area contributed by atoms with Crippen LogP contribution in [0.1, 0.15) is 10.4 Å². The van der Waals surface area contributed by atoms with Crippen molar-refractivity contribution in [1.82, 2.24) is 9.97 Å². The quantitative estimate of drug-likeness (QED) is 0.867. The van der Waals surface area contributed by atoms with Gasteiger partial charge in [-0.3, -0.25) is 4.79 Å². The van der Waals surface area contributed by atoms with Crippen LogP contribution in [0.2, 0.25) is 5.02 Å². The Labute approximate surface area is 111 Å². The van der Waals surface area contributed by atoms with E-state index < -0.39 is 0 Å². The molecule has 0 aliphatic rings. The van der Waals surface area contributed by atoms with E-state index >= 15 is 0 Å². The van der Waals surface area contributed by atoms with Gasteiger partial charge in [-0.1, -0.05) is 11.6 Å². The first-order chi connectivity index (χ1) is 8.15. The molecule has 2 rings (SSSR count). The number of nitrogens with one attached hydrogen (secondary N) is 1. The summed E-state index contributed by atoms with van der Waals surface area (Å²) in [5, 5.41) is 3.16. The molecule has 0 fully saturated rings. The molecule has 0 atom stereocenters. The summed E-state index contributed by atoms with van der Waals surface area (Å²) in [5.74, 6) is 0.183. The van der Waals surface area contributed by atoms with Crippen LogP contribution in [0.25, 0.3) is 0 Å². The molecule has 2 aromatic rings. The minimum atomic E-state index is -0.264. The molecule has 0 aliphatic heterocycles. The van der Waals surface area contributed by atoms with Crippen molar-refractivity contribution in [2.45, 2.75) is 0 Å². The number of pyridine rings is 2. The molecule has 0 saturated heterocycles. The van der Waals surface area contributed by atoms with Crippen molar-refractivity contribution in [3.05, 3.63) is 51.8 Å². The first-order valence-corrected chi connectivity index (χ1v) is 5.87. The second-order valence-electron chi connectivity index (χ2n) is 3.19. The minimum Gasteiger partial charge on any atom is -0.307 e. The van der Waals surface area contributed by atoms with E-state index in [0.717, 1.165) is 0 Å². The van der Waals surface area contributed by atoms with Gasteiger partial charge < -0.3 is 5.32 Å². The summed E-state index contributed by atoms with van der Waals surface area (Å²) in [6.45, 7) is 0. The molecule has 2 aromatic heterocycles. The van der Waals surface area contributed by atoms with Crippen molar-refractivity contribution >= 4 is 39.3 Å². The van der Waals surface area contributed by atoms with E-state index in [9.17, 15) is 4.79 Å². The lowest BCUT2D eigenvalue weighted by atomic mass is 10.3. The molecule has 1 amide bonds. The highest BCUT2D eigenvalue weighted by Crippen LogP contribution is 2.11. The molecule has 0 aromatic carbocycles. The molecule has 86 valence electrons. The van der Waals surface area contributed by atoms with E-state index in [1.165, 1.54) is 12.4 Å². The Morgan fingerprint density at radius 1 is 1.18 bits per heavy atom. The SMILES string of the molecule is O=C(Nc1ccc(Cl)cn1)c1ccc(Br)nc1. The number of rotatable bonds is 2. The number of halogens is 2. The van der Waals surface area contributed by atoms with Crippen LogP contribution < -0.4 is 5.32 Å². The smallest absolute Gasteiger partial charge is 0.258 e. The predicted molar refractivity (Wildman–Crippen MR) is 69.1 cm³/mol. The highest BCUT2D eigenvalue weighted by Gasteiger charge is 2.06. The van der Waals surface area contributed by atoms with Crippen molar-refractivity contribution in [3.63, 3.8) is 0 Å². The molecule has 17 heavy (non-hydrogen) atoms. The van der Waals surface area contributed by atoms with Gasteiger partial charge in [0.15, 0.2) is 0 Å². The summed E-state index contributed by atoms with van der Waals surface area (Å²) >= 11 is 8.89. The number of nitrogens with zero attached hydrogens (tertiary/aromatic N) is 2. The minimum absolute atomic E-state index is 0.264. The van der Waals surface area contributed by atoms with Gasteiger partial charge in [0.25, 0.3) is 5.91 Å². The van der Waals surface area contributed by atoms with E-state index in [4.69, 9.17) is 11.6 Å². The lowest BCUT2D eigenvalue weighted by molar-refractivity contribution is 0.102. The zero-order valence-electron chi connectivity index (χ0n) is 8.52. The molecule has 0 radical (unpaired) electrons. The van der Waals surface area contributed by atoms with E-state index in [-0.39, 0.29) is 5.91 Å². The van der Waals surface area contributed by atoms with E-state index in [0.29, 0.717) is 21.0 Å². The van der Waals surface area contributed by atoms with Gasteiger partial charge in [-0.25, -0.2) is 9.97 Å². The van der Waals surface area contributed by atoms with Gasteiger partial charge in [-0.05, 0) is 40.2 Å². The maximum absolute atomic E-state index is 11.8. The largest absolute Gasteiger partial charge is 0.307 e. The van der Waals surface area contributed by atoms with Crippen LogP contribution in [-0.4, -0.2) is 15.9 Å². The van der Waals surface area contributed by atoms with Gasteiger partial charge in [-0.15, -0.1) is 0 Å². The summed E-state index contributed by atoms with van der Waals surface area (Å²) in [7, 11) is 0. The Hall–Kier alpha value is -1.46. The average molecular weight is 313 g/mol. The zero-order chi connectivity index (χ0) is 12.3. The maximum atomic E-state index is 11.8. The number of anilines is 1. The lowest BCUT2D eigenvalue weighted by Gasteiger charge is -2.03. The van der Waals surface area contributed by atoms with E-state index in [1.807, 2.05) is 0 Å². The summed E-state index contributed by atoms with van der Waals surface area (Å²) in [5.41, 5.74) is 0.463. The van der Waals surface area contributed by atoms with Crippen molar-refractivity contribution in [3.8, 4) is 0 Å². The Bertz CT molecular complexity index is 527. The summed E-state index contributed by atoms with van der Waals surface area (Å²) in [4.78, 5) is 19.7. The number of hydrogen-bond donors (Lipinski definition) is 1. The lowest BCUT2D eigenvalue weighted by Crippen LogP contribution is -2.12. The van der Waals surface area contributed by atoms with Crippen LogP contribution in [0.15, 0.2) is 41.3 Å². The molecule has 6 heteroatoms. The predicted octanol–water partition coefficient (Wildman–Crippen LogP) is 3.14. The van der Waals surface area contributed by atoms with Crippen LogP contribution in [0.3, 0.4) is 0 Å². The van der Waals surface area contributed by atoms with Crippen molar-refractivity contribution < 1.29 is 4.79 Å². The van der Waals surface area contributed by atoms with E-state index in [2.05, 4.69) is 31.2 Å². The molecule has 2 heterocycles. The van der Waals surface area contributed by atoms with Crippen LogP contribution in [0.5, 0.6) is 0 Å². The second-order valence-corrected chi connectivity index (χ2v) is 4.43. The van der Waals surface area contributed by atoms with Gasteiger partial charge in [0.2, 0.25) is 0 Å². The molecular weight excluding hydrogens is 305 g/mol. The van der Waals surface area contributed by atoms with Crippen molar-refractivity contribution in [2.24, 2.45) is 0 Å². The third-order valence-electron chi connectivity index (χ3n) is 1.96. The third-order valence-corrected chi connectivity index (χ3v) is 2.65. The van der Waals surface area contributed by atoms with Gasteiger partial charge in [0.05, 0.1) is 10.6 Å². The molecule has 0 spiro atoms. The number of amides is 1. The highest BCUT2D eigenvalue weighted by atomic mass is 79.9. The van der Waals surface area contributed by atoms with Gasteiger partial charge in [0, 0.05) is 12.4 Å². The average Bonchev–Trinajstić information content (AvgIpc) is 2.33. The summed E-state index contributed by atoms with van der Waals surface area (Å²) in [6, 6.07) is 6.66. The molecule has 0 bridgehead atoms. The fourth-order valence-electron chi connectivity index (χ4n) is 1.15. The van der Waals surface area contributed by atoms with Gasteiger partial charge in [0.1, 0.15) is 10.4 Å². The second kappa shape index (κ2) is 5.25. The molecule has 4 nitrogen and oxygen atoms in total. The molecule has 0 saturated carbocycles. The first kappa shape index (κ1) is 12.0. The Kier molecular flexibility index (Phi) is 3.71. The van der Waals surface area contributed by atoms with Crippen molar-refractivity contribution in [1.29, 1.82) is 0 Å². The number of hydrogen-bond acceptors (Lipinski definition) is 3. The van der Waals surface area contributed by atoms with Crippen LogP contribution in [-0.2, 0) is 0 Å². The number of aromatic nitrogens is 2. The normalized spacial score (nSPS) is 10.0. The van der Waals surface area contributed by atoms with Gasteiger partial charge in [-0.2, -0.15) is 0 Å². The van der Waals surface area contributed by atoms with Crippen LogP contribution in [0.4, 0.5) is 5.82 Å². The molecular formula is C11H7BrClN3O. The Morgan fingerprint density at radius 2 is 2.00 bits per heavy atom. The first-order valence-electron chi connectivity index (χ1n) is 4.69. The van der Waals surface area contributed by atoms with E-state index in [1.54, 1.807) is 24.3 Å². The van der Waals surface area contributed by atoms with Crippen LogP contribution >= 0.6 is 27.5 Å². The van der Waals surface area contributed by atoms with Crippen LogP contribution in [0, 0.1) is 0 Å². The zero-order valence-corrected chi connectivity index (χ0v) is 10.9. The highest BCUT2D eigenvalue weighted by molar-refractivity contribution is 9.10. The summed E-state index contributed by atoms with van der Waals surface area (Å²) < 4.78 is 0.679. The molecule has 0 unspecified atom stereocenters. The number of carbonyl (C=O) groups is 1. The standard InChI is InChI=1S/C11H7BrClN3O/c12-9-3-1-7(5-14-9)11(17)16-10-4-2-8(13)6-15-10/h1-6H,(H,15,16,17). The fraction of sp³-hybridized carbons (Fsp3) is 0. The number of carbonyl (C=O) groups excluding carboxylic acids is 1. The maximum Gasteiger partial charge on any atom is 0.258 e. The fourth-order valence-corrected chi connectivity index (χ4v) is 1.49. The summed E-state index contributed by atoms with van der Waals surface area (Å²) in [6.07, 6.45) is 2.95. The topological polar surface area (TPSA) is 54.9 Å². The van der Waals surface area contributed by atoms with Gasteiger partial charge >= 0.3 is 0 Å². The Balaban J connectivity index is 2.11. The third kappa shape index (κ3) is 3.25. The Morgan fingerprint density at radius 3 is 2.59 bits per heavy atom. The monoisotopic (exact) mass is 311 g/mol.